The van der Waals surface area contributed by atoms with Crippen LogP contribution in [0.5, 0.6) is 0 Å². The Kier molecular flexibility index (Phi) is 8.51. The fraction of sp³-hybridized carbons (Fsp3) is 0.647. The van der Waals surface area contributed by atoms with Gasteiger partial charge in [0.15, 0.2) is 0 Å². The highest BCUT2D eigenvalue weighted by molar-refractivity contribution is 5.18. The summed E-state index contributed by atoms with van der Waals surface area (Å²) in [7, 11) is 4.27. The van der Waals surface area contributed by atoms with Crippen molar-refractivity contribution in [3.05, 3.63) is 35.9 Å². The van der Waals surface area contributed by atoms with Crippen LogP contribution in [0, 0.1) is 0 Å². The van der Waals surface area contributed by atoms with E-state index >= 15 is 0 Å². The molecule has 0 aromatic heterocycles. The lowest BCUT2D eigenvalue weighted by Gasteiger charge is -2.22. The average Bonchev–Trinajstić information content (AvgIpc) is 2.46. The van der Waals surface area contributed by atoms with Crippen molar-refractivity contribution in [1.82, 2.24) is 9.80 Å². The summed E-state index contributed by atoms with van der Waals surface area (Å²) in [5.41, 5.74) is 7.49. The van der Waals surface area contributed by atoms with E-state index in [1.165, 1.54) is 31.5 Å². The molecular weight excluding hydrogens is 246 g/mol. The van der Waals surface area contributed by atoms with Crippen LogP contribution < -0.4 is 5.73 Å². The van der Waals surface area contributed by atoms with E-state index in [4.69, 9.17) is 5.73 Å². The lowest BCUT2D eigenvalue weighted by Crippen LogP contribution is -2.28. The lowest BCUT2D eigenvalue weighted by molar-refractivity contribution is 0.259. The van der Waals surface area contributed by atoms with Crippen molar-refractivity contribution in [2.45, 2.75) is 32.2 Å². The lowest BCUT2D eigenvalue weighted by atomic mass is 10.0. The summed E-state index contributed by atoms with van der Waals surface area (Å²) in [6.07, 6.45) is 3.48. The van der Waals surface area contributed by atoms with E-state index in [9.17, 15) is 0 Å². The fourth-order valence-electron chi connectivity index (χ4n) is 2.44. The number of benzene rings is 1. The minimum atomic E-state index is 0.177. The molecule has 1 unspecified atom stereocenters. The molecule has 0 bridgehead atoms. The molecule has 1 rings (SSSR count). The normalized spacial score (nSPS) is 13.1. The molecular formula is C17H31N3. The van der Waals surface area contributed by atoms with Gasteiger partial charge < -0.3 is 15.5 Å². The van der Waals surface area contributed by atoms with Gasteiger partial charge in [0.25, 0.3) is 0 Å². The Balaban J connectivity index is 2.20. The zero-order valence-corrected chi connectivity index (χ0v) is 13.4. The van der Waals surface area contributed by atoms with E-state index < -0.39 is 0 Å². The summed E-state index contributed by atoms with van der Waals surface area (Å²) in [6.45, 7) is 6.89. The van der Waals surface area contributed by atoms with Crippen molar-refractivity contribution >= 4 is 0 Å². The molecule has 114 valence electrons. The van der Waals surface area contributed by atoms with Crippen LogP contribution in [0.3, 0.4) is 0 Å². The summed E-state index contributed by atoms with van der Waals surface area (Å²) in [5, 5.41) is 0. The molecule has 3 heteroatoms. The minimum absolute atomic E-state index is 0.177. The molecule has 0 aliphatic carbocycles. The van der Waals surface area contributed by atoms with E-state index in [1.807, 2.05) is 6.07 Å². The second kappa shape index (κ2) is 9.92. The predicted octanol–water partition coefficient (Wildman–Crippen LogP) is 2.74. The molecule has 1 aromatic carbocycles. The Hall–Kier alpha value is -0.900. The van der Waals surface area contributed by atoms with Gasteiger partial charge in [-0.2, -0.15) is 0 Å². The van der Waals surface area contributed by atoms with Gasteiger partial charge in [-0.15, -0.1) is 0 Å². The van der Waals surface area contributed by atoms with Gasteiger partial charge >= 0.3 is 0 Å². The van der Waals surface area contributed by atoms with Gasteiger partial charge in [0.2, 0.25) is 0 Å². The van der Waals surface area contributed by atoms with Crippen LogP contribution in [-0.2, 0) is 0 Å². The first-order chi connectivity index (χ1) is 9.63. The van der Waals surface area contributed by atoms with Crippen LogP contribution in [0.15, 0.2) is 30.3 Å². The largest absolute Gasteiger partial charge is 0.324 e. The van der Waals surface area contributed by atoms with E-state index in [0.29, 0.717) is 0 Å². The van der Waals surface area contributed by atoms with Gasteiger partial charge in [-0.05, 0) is 65.1 Å². The maximum Gasteiger partial charge on any atom is 0.0295 e. The number of rotatable bonds is 10. The van der Waals surface area contributed by atoms with Crippen molar-refractivity contribution in [3.8, 4) is 0 Å². The van der Waals surface area contributed by atoms with Crippen LogP contribution in [0.1, 0.15) is 37.8 Å². The molecule has 1 aromatic rings. The summed E-state index contributed by atoms with van der Waals surface area (Å²) in [5.74, 6) is 0. The van der Waals surface area contributed by atoms with Crippen molar-refractivity contribution in [2.24, 2.45) is 5.73 Å². The summed E-state index contributed by atoms with van der Waals surface area (Å²) in [6, 6.07) is 10.6. The maximum atomic E-state index is 6.24. The van der Waals surface area contributed by atoms with Crippen molar-refractivity contribution in [3.63, 3.8) is 0 Å². The number of nitrogens with zero attached hydrogens (tertiary/aromatic N) is 2. The molecule has 0 radical (unpaired) electrons. The second-order valence-electron chi connectivity index (χ2n) is 5.75. The summed E-state index contributed by atoms with van der Waals surface area (Å²) in [4.78, 5) is 4.78. The van der Waals surface area contributed by atoms with Gasteiger partial charge in [-0.3, -0.25) is 0 Å². The highest BCUT2D eigenvalue weighted by Crippen LogP contribution is 2.15. The molecule has 20 heavy (non-hydrogen) atoms. The highest BCUT2D eigenvalue weighted by atomic mass is 15.1. The van der Waals surface area contributed by atoms with Crippen LogP contribution in [0.25, 0.3) is 0 Å². The first-order valence-electron chi connectivity index (χ1n) is 7.81. The zero-order valence-electron chi connectivity index (χ0n) is 13.4. The molecule has 0 aliphatic heterocycles. The molecule has 0 heterocycles. The predicted molar refractivity (Wildman–Crippen MR) is 87.9 cm³/mol. The average molecular weight is 277 g/mol. The number of hydrogen-bond acceptors (Lipinski definition) is 3. The molecule has 0 aliphatic rings. The minimum Gasteiger partial charge on any atom is -0.324 e. The third-order valence-electron chi connectivity index (χ3n) is 3.74. The molecule has 2 N–H and O–H groups in total. The Morgan fingerprint density at radius 3 is 2.25 bits per heavy atom. The van der Waals surface area contributed by atoms with E-state index in [2.05, 4.69) is 55.1 Å². The zero-order chi connectivity index (χ0) is 14.8. The van der Waals surface area contributed by atoms with Crippen LogP contribution >= 0.6 is 0 Å². The Morgan fingerprint density at radius 2 is 1.65 bits per heavy atom. The van der Waals surface area contributed by atoms with Crippen molar-refractivity contribution < 1.29 is 0 Å². The Labute approximate surface area is 124 Å². The molecule has 3 nitrogen and oxygen atoms in total. The van der Waals surface area contributed by atoms with Crippen molar-refractivity contribution in [1.29, 1.82) is 0 Å². The topological polar surface area (TPSA) is 32.5 Å². The van der Waals surface area contributed by atoms with Gasteiger partial charge in [0.1, 0.15) is 0 Å². The standard InChI is InChI=1S/C17H31N3/c1-4-20(15-9-13-19(2)3)14-8-12-17(18)16-10-6-5-7-11-16/h5-7,10-11,17H,4,8-9,12-15,18H2,1-3H3. The molecule has 0 saturated carbocycles. The van der Waals surface area contributed by atoms with Crippen LogP contribution in [0.2, 0.25) is 0 Å². The third-order valence-corrected chi connectivity index (χ3v) is 3.74. The van der Waals surface area contributed by atoms with Gasteiger partial charge in [-0.25, -0.2) is 0 Å². The second-order valence-corrected chi connectivity index (χ2v) is 5.75. The SMILES string of the molecule is CCN(CCCC(N)c1ccccc1)CCCN(C)C. The molecule has 0 spiro atoms. The van der Waals surface area contributed by atoms with Gasteiger partial charge in [0.05, 0.1) is 0 Å². The quantitative estimate of drug-likeness (QED) is 0.714. The fourth-order valence-corrected chi connectivity index (χ4v) is 2.44. The Morgan fingerprint density at radius 1 is 1.00 bits per heavy atom. The number of nitrogens with two attached hydrogens (primary N) is 1. The van der Waals surface area contributed by atoms with Crippen molar-refractivity contribution in [2.75, 3.05) is 40.3 Å². The van der Waals surface area contributed by atoms with E-state index in [-0.39, 0.29) is 6.04 Å². The Bertz CT molecular complexity index is 337. The monoisotopic (exact) mass is 277 g/mol. The number of hydrogen-bond donors (Lipinski definition) is 1. The summed E-state index contributed by atoms with van der Waals surface area (Å²) >= 11 is 0. The van der Waals surface area contributed by atoms with Crippen LogP contribution in [0.4, 0.5) is 0 Å². The highest BCUT2D eigenvalue weighted by Gasteiger charge is 2.07. The first kappa shape index (κ1) is 17.2. The van der Waals surface area contributed by atoms with E-state index in [1.54, 1.807) is 0 Å². The van der Waals surface area contributed by atoms with Gasteiger partial charge in [0, 0.05) is 6.04 Å². The van der Waals surface area contributed by atoms with E-state index in [0.717, 1.165) is 19.5 Å². The van der Waals surface area contributed by atoms with Crippen LogP contribution in [-0.4, -0.2) is 50.1 Å². The maximum absolute atomic E-state index is 6.24. The smallest absolute Gasteiger partial charge is 0.0295 e. The molecule has 0 amide bonds. The third kappa shape index (κ3) is 7.04. The first-order valence-corrected chi connectivity index (χ1v) is 7.81. The summed E-state index contributed by atoms with van der Waals surface area (Å²) < 4.78 is 0. The molecule has 0 fully saturated rings. The molecule has 0 saturated heterocycles. The van der Waals surface area contributed by atoms with Gasteiger partial charge in [-0.1, -0.05) is 37.3 Å². The molecule has 1 atom stereocenters.